The monoisotopic (exact) mass is 562 g/mol. The Labute approximate surface area is 221 Å². The van der Waals surface area contributed by atoms with Crippen LogP contribution in [-0.2, 0) is 24.8 Å². The lowest BCUT2D eigenvalue weighted by molar-refractivity contribution is 0.0730. The summed E-state index contributed by atoms with van der Waals surface area (Å²) in [4.78, 5) is 0.261. The number of benzene rings is 3. The molecule has 0 aromatic heterocycles. The van der Waals surface area contributed by atoms with E-state index in [1.807, 2.05) is 0 Å². The number of rotatable bonds is 8. The van der Waals surface area contributed by atoms with Crippen LogP contribution in [0.2, 0.25) is 0 Å². The van der Waals surface area contributed by atoms with E-state index in [2.05, 4.69) is 15.4 Å². The second kappa shape index (κ2) is 11.4. The molecule has 4 rings (SSSR count). The Morgan fingerprint density at radius 3 is 1.95 bits per heavy atom. The summed E-state index contributed by atoms with van der Waals surface area (Å²) in [5.74, 6) is 0.410. The van der Waals surface area contributed by atoms with Gasteiger partial charge in [-0.2, -0.15) is 4.31 Å². The predicted octanol–water partition coefficient (Wildman–Crippen LogP) is 3.33. The van der Waals surface area contributed by atoms with Crippen LogP contribution in [0.3, 0.4) is 0 Å². The van der Waals surface area contributed by atoms with Crippen molar-refractivity contribution in [3.8, 4) is 5.75 Å². The van der Waals surface area contributed by atoms with E-state index >= 15 is 0 Å². The highest BCUT2D eigenvalue weighted by atomic mass is 32.2. The van der Waals surface area contributed by atoms with Crippen molar-refractivity contribution in [2.45, 2.75) is 9.79 Å². The average Bonchev–Trinajstić information content (AvgIpc) is 2.90. The average molecular weight is 563 g/mol. The molecule has 3 N–H and O–H groups in total. The zero-order valence-corrected chi connectivity index (χ0v) is 22.3. The third-order valence-electron chi connectivity index (χ3n) is 5.49. The van der Waals surface area contributed by atoms with Crippen molar-refractivity contribution in [3.05, 3.63) is 72.8 Å². The van der Waals surface area contributed by atoms with Gasteiger partial charge in [0.1, 0.15) is 5.75 Å². The highest BCUT2D eigenvalue weighted by Gasteiger charge is 2.26. The van der Waals surface area contributed by atoms with Crippen LogP contribution >= 0.6 is 12.2 Å². The lowest BCUT2D eigenvalue weighted by Gasteiger charge is -2.26. The van der Waals surface area contributed by atoms with Gasteiger partial charge in [-0.05, 0) is 72.9 Å². The van der Waals surface area contributed by atoms with Crippen LogP contribution in [0.5, 0.6) is 5.75 Å². The number of morpholine rings is 1. The first-order valence-electron chi connectivity index (χ1n) is 11.2. The molecule has 0 bridgehead atoms. The summed E-state index contributed by atoms with van der Waals surface area (Å²) in [5, 5.41) is 6.22. The molecule has 1 aliphatic heterocycles. The lowest BCUT2D eigenvalue weighted by atomic mass is 10.3. The minimum atomic E-state index is -3.83. The third-order valence-corrected chi connectivity index (χ3v) is 8.99. The van der Waals surface area contributed by atoms with Gasteiger partial charge in [0.2, 0.25) is 10.0 Å². The van der Waals surface area contributed by atoms with Crippen molar-refractivity contribution in [1.29, 1.82) is 0 Å². The van der Waals surface area contributed by atoms with Gasteiger partial charge >= 0.3 is 0 Å². The van der Waals surface area contributed by atoms with E-state index in [9.17, 15) is 16.8 Å². The van der Waals surface area contributed by atoms with Gasteiger partial charge in [0.05, 0.1) is 35.8 Å². The highest BCUT2D eigenvalue weighted by Crippen LogP contribution is 2.26. The topological polar surface area (TPSA) is 126 Å². The fourth-order valence-corrected chi connectivity index (χ4v) is 6.30. The van der Waals surface area contributed by atoms with Crippen LogP contribution in [-0.4, -0.2) is 59.7 Å². The second-order valence-electron chi connectivity index (χ2n) is 7.95. The van der Waals surface area contributed by atoms with Gasteiger partial charge in [-0.15, -0.1) is 0 Å². The van der Waals surface area contributed by atoms with Gasteiger partial charge in [-0.1, -0.05) is 12.1 Å². The fourth-order valence-electron chi connectivity index (χ4n) is 3.59. The molecule has 0 amide bonds. The van der Waals surface area contributed by atoms with Gasteiger partial charge in [-0.3, -0.25) is 4.72 Å². The number of thiocarbonyl (C=S) groups is 1. The van der Waals surface area contributed by atoms with Crippen molar-refractivity contribution < 1.29 is 26.3 Å². The summed E-state index contributed by atoms with van der Waals surface area (Å²) in [6.45, 7) is 1.41. The summed E-state index contributed by atoms with van der Waals surface area (Å²) >= 11 is 5.34. The molecule has 0 saturated carbocycles. The minimum absolute atomic E-state index is 0.0694. The van der Waals surface area contributed by atoms with Crippen LogP contribution in [0.4, 0.5) is 17.1 Å². The summed E-state index contributed by atoms with van der Waals surface area (Å²) in [7, 11) is -5.95. The zero-order valence-electron chi connectivity index (χ0n) is 19.9. The Hall–Kier alpha value is -3.23. The summed E-state index contributed by atoms with van der Waals surface area (Å²) in [6.07, 6.45) is 0. The number of anilines is 3. The first-order valence-corrected chi connectivity index (χ1v) is 14.5. The molecule has 0 aliphatic carbocycles. The van der Waals surface area contributed by atoms with E-state index in [4.69, 9.17) is 21.7 Å². The molecular formula is C24H26N4O6S3. The zero-order chi connectivity index (χ0) is 26.5. The Morgan fingerprint density at radius 2 is 1.38 bits per heavy atom. The van der Waals surface area contributed by atoms with Crippen LogP contribution in [0.25, 0.3) is 0 Å². The quantitative estimate of drug-likeness (QED) is 0.355. The predicted molar refractivity (Wildman–Crippen MR) is 146 cm³/mol. The molecule has 37 heavy (non-hydrogen) atoms. The molecule has 0 spiro atoms. The van der Waals surface area contributed by atoms with E-state index in [-0.39, 0.29) is 14.9 Å². The number of hydrogen-bond donors (Lipinski definition) is 3. The maximum Gasteiger partial charge on any atom is 0.262 e. The number of nitrogens with one attached hydrogen (secondary N) is 3. The summed E-state index contributed by atoms with van der Waals surface area (Å²) < 4.78 is 65.4. The number of para-hydroxylation sites is 2. The van der Waals surface area contributed by atoms with E-state index in [0.717, 1.165) is 0 Å². The van der Waals surface area contributed by atoms with Crippen LogP contribution < -0.4 is 20.1 Å². The molecule has 13 heteroatoms. The van der Waals surface area contributed by atoms with Gasteiger partial charge in [0.25, 0.3) is 10.0 Å². The van der Waals surface area contributed by atoms with Crippen LogP contribution in [0.1, 0.15) is 0 Å². The Bertz CT molecular complexity index is 1460. The Balaban J connectivity index is 1.36. The number of nitrogens with zero attached hydrogens (tertiary/aromatic N) is 1. The molecule has 1 fully saturated rings. The van der Waals surface area contributed by atoms with Crippen LogP contribution in [0.15, 0.2) is 82.6 Å². The molecule has 1 aliphatic rings. The normalized spacial score (nSPS) is 14.5. The molecule has 0 radical (unpaired) electrons. The van der Waals surface area contributed by atoms with Crippen molar-refractivity contribution >= 4 is 54.4 Å². The van der Waals surface area contributed by atoms with Crippen LogP contribution in [0, 0.1) is 0 Å². The number of methoxy groups -OCH3 is 1. The standard InChI is InChI=1S/C24H26N4O6S3/c1-33-23-5-3-2-4-22(23)27-36(29,30)20-10-6-18(7-11-20)25-24(35)26-19-8-12-21(13-9-19)37(31,32)28-14-16-34-17-15-28/h2-13,27H,14-17H2,1H3,(H2,25,26,35). The van der Waals surface area contributed by atoms with Crippen molar-refractivity contribution in [2.75, 3.05) is 48.8 Å². The summed E-state index contributed by atoms with van der Waals surface area (Å²) in [5.41, 5.74) is 1.50. The molecule has 3 aromatic rings. The lowest BCUT2D eigenvalue weighted by Crippen LogP contribution is -2.40. The van der Waals surface area contributed by atoms with E-state index in [0.29, 0.717) is 49.1 Å². The molecule has 1 heterocycles. The van der Waals surface area contributed by atoms with Crippen molar-refractivity contribution in [1.82, 2.24) is 4.31 Å². The molecule has 10 nitrogen and oxygen atoms in total. The molecule has 196 valence electrons. The van der Waals surface area contributed by atoms with Crippen molar-refractivity contribution in [2.24, 2.45) is 0 Å². The minimum Gasteiger partial charge on any atom is -0.495 e. The van der Waals surface area contributed by atoms with E-state index < -0.39 is 20.0 Å². The number of hydrogen-bond acceptors (Lipinski definition) is 7. The van der Waals surface area contributed by atoms with Gasteiger partial charge < -0.3 is 20.1 Å². The first-order chi connectivity index (χ1) is 17.7. The number of ether oxygens (including phenoxy) is 2. The van der Waals surface area contributed by atoms with Gasteiger partial charge in [-0.25, -0.2) is 16.8 Å². The molecular weight excluding hydrogens is 536 g/mol. The Kier molecular flexibility index (Phi) is 8.29. The Morgan fingerprint density at radius 1 is 0.838 bits per heavy atom. The van der Waals surface area contributed by atoms with E-state index in [1.54, 1.807) is 48.5 Å². The summed E-state index contributed by atoms with van der Waals surface area (Å²) in [6, 6.07) is 19.1. The third kappa shape index (κ3) is 6.56. The molecule has 0 atom stereocenters. The largest absolute Gasteiger partial charge is 0.495 e. The number of sulfonamides is 2. The SMILES string of the molecule is COc1ccccc1NS(=O)(=O)c1ccc(NC(=S)Nc2ccc(S(=O)(=O)N3CCOCC3)cc2)cc1. The highest BCUT2D eigenvalue weighted by molar-refractivity contribution is 7.92. The smallest absolute Gasteiger partial charge is 0.262 e. The first kappa shape index (κ1) is 26.8. The molecule has 3 aromatic carbocycles. The van der Waals surface area contributed by atoms with Crippen molar-refractivity contribution in [3.63, 3.8) is 0 Å². The fraction of sp³-hybridized carbons (Fsp3) is 0.208. The molecule has 1 saturated heterocycles. The van der Waals surface area contributed by atoms with Gasteiger partial charge in [0.15, 0.2) is 5.11 Å². The maximum absolute atomic E-state index is 12.8. The van der Waals surface area contributed by atoms with E-state index in [1.165, 1.54) is 35.7 Å². The maximum atomic E-state index is 12.8. The molecule has 0 unspecified atom stereocenters. The second-order valence-corrected chi connectivity index (χ2v) is 12.0. The van der Waals surface area contributed by atoms with Gasteiger partial charge in [0, 0.05) is 24.5 Å².